The van der Waals surface area contributed by atoms with Crippen molar-refractivity contribution in [2.24, 2.45) is 0 Å². The predicted molar refractivity (Wildman–Crippen MR) is 87.4 cm³/mol. The van der Waals surface area contributed by atoms with Gasteiger partial charge in [0.2, 0.25) is 0 Å². The first kappa shape index (κ1) is 14.8. The van der Waals surface area contributed by atoms with E-state index in [-0.39, 0.29) is 0 Å². The second-order valence-electron chi connectivity index (χ2n) is 4.68. The number of benzene rings is 1. The molecule has 0 fully saturated rings. The summed E-state index contributed by atoms with van der Waals surface area (Å²) in [5.74, 6) is 0. The minimum atomic E-state index is 0.605. The monoisotopic (exact) mass is 308 g/mol. The third-order valence-electron chi connectivity index (χ3n) is 2.71. The highest BCUT2D eigenvalue weighted by atomic mass is 35.5. The van der Waals surface area contributed by atoms with E-state index in [1.165, 1.54) is 11.1 Å². The molecule has 0 bridgehead atoms. The van der Waals surface area contributed by atoms with Gasteiger partial charge < -0.3 is 10.6 Å². The number of halogens is 1. The fraction of sp³-hybridized carbons (Fsp3) is 0.286. The van der Waals surface area contributed by atoms with Crippen LogP contribution in [0.4, 0.5) is 5.69 Å². The Labute approximate surface area is 129 Å². The quantitative estimate of drug-likeness (QED) is 0.852. The van der Waals surface area contributed by atoms with E-state index in [0.29, 0.717) is 23.2 Å². The molecule has 2 aromatic rings. The minimum Gasteiger partial charge on any atom is -0.361 e. The second-order valence-corrected chi connectivity index (χ2v) is 5.52. The summed E-state index contributed by atoms with van der Waals surface area (Å²) in [5.41, 5.74) is 3.42. The van der Waals surface area contributed by atoms with Crippen LogP contribution in [0.5, 0.6) is 0 Å². The van der Waals surface area contributed by atoms with E-state index >= 15 is 0 Å². The van der Waals surface area contributed by atoms with Crippen molar-refractivity contribution in [3.05, 3.63) is 46.7 Å². The lowest BCUT2D eigenvalue weighted by Crippen LogP contribution is -2.31. The van der Waals surface area contributed by atoms with Crippen LogP contribution >= 0.6 is 23.8 Å². The molecule has 4 nitrogen and oxygen atoms in total. The Balaban J connectivity index is 1.80. The van der Waals surface area contributed by atoms with Crippen LogP contribution in [-0.2, 0) is 6.54 Å². The van der Waals surface area contributed by atoms with Gasteiger partial charge in [-0.15, -0.1) is 0 Å². The van der Waals surface area contributed by atoms with Crippen LogP contribution in [0.1, 0.15) is 11.1 Å². The Morgan fingerprint density at radius 1 is 1.30 bits per heavy atom. The van der Waals surface area contributed by atoms with Crippen molar-refractivity contribution in [2.45, 2.75) is 20.4 Å². The van der Waals surface area contributed by atoms with Gasteiger partial charge in [-0.1, -0.05) is 17.7 Å². The van der Waals surface area contributed by atoms with Gasteiger partial charge in [-0.3, -0.25) is 4.68 Å². The Morgan fingerprint density at radius 2 is 2.00 bits per heavy atom. The van der Waals surface area contributed by atoms with Crippen molar-refractivity contribution in [2.75, 3.05) is 11.9 Å². The Kier molecular flexibility index (Phi) is 4.98. The highest BCUT2D eigenvalue weighted by Crippen LogP contribution is 2.13. The summed E-state index contributed by atoms with van der Waals surface area (Å²) in [4.78, 5) is 0. The molecule has 0 atom stereocenters. The van der Waals surface area contributed by atoms with Crippen molar-refractivity contribution in [1.82, 2.24) is 15.1 Å². The zero-order valence-electron chi connectivity index (χ0n) is 11.5. The average molecular weight is 309 g/mol. The molecule has 0 saturated heterocycles. The first-order chi connectivity index (χ1) is 9.52. The molecule has 1 heterocycles. The summed E-state index contributed by atoms with van der Waals surface area (Å²) < 4.78 is 1.77. The van der Waals surface area contributed by atoms with Crippen LogP contribution in [0.25, 0.3) is 0 Å². The Morgan fingerprint density at radius 3 is 2.60 bits per heavy atom. The first-order valence-corrected chi connectivity index (χ1v) is 7.12. The van der Waals surface area contributed by atoms with Gasteiger partial charge in [0.15, 0.2) is 5.11 Å². The number of aromatic nitrogens is 2. The van der Waals surface area contributed by atoms with Crippen LogP contribution in [0.3, 0.4) is 0 Å². The van der Waals surface area contributed by atoms with Gasteiger partial charge in [-0.05, 0) is 49.3 Å². The van der Waals surface area contributed by atoms with Gasteiger partial charge in [0.05, 0.1) is 17.8 Å². The molecule has 2 N–H and O–H groups in total. The average Bonchev–Trinajstić information content (AvgIpc) is 2.73. The molecule has 0 amide bonds. The van der Waals surface area contributed by atoms with Gasteiger partial charge in [-0.25, -0.2) is 0 Å². The van der Waals surface area contributed by atoms with E-state index in [0.717, 1.165) is 5.69 Å². The van der Waals surface area contributed by atoms with E-state index in [2.05, 4.69) is 47.8 Å². The number of hydrogen-bond acceptors (Lipinski definition) is 2. The molecular weight excluding hydrogens is 292 g/mol. The summed E-state index contributed by atoms with van der Waals surface area (Å²) in [6.45, 7) is 5.53. The van der Waals surface area contributed by atoms with Gasteiger partial charge in [0, 0.05) is 18.4 Å². The zero-order chi connectivity index (χ0) is 14.5. The molecule has 0 aliphatic carbocycles. The van der Waals surface area contributed by atoms with Crippen LogP contribution in [0, 0.1) is 13.8 Å². The Hall–Kier alpha value is -1.59. The molecule has 6 heteroatoms. The third-order valence-corrected chi connectivity index (χ3v) is 3.15. The maximum atomic E-state index is 5.80. The topological polar surface area (TPSA) is 41.9 Å². The number of rotatable bonds is 4. The normalized spacial score (nSPS) is 10.3. The van der Waals surface area contributed by atoms with Gasteiger partial charge >= 0.3 is 0 Å². The van der Waals surface area contributed by atoms with E-state index < -0.39 is 0 Å². The SMILES string of the molecule is Cc1cc(C)cc(NC(=S)NCCn2cc(Cl)cn2)c1. The summed E-state index contributed by atoms with van der Waals surface area (Å²) in [6.07, 6.45) is 3.40. The lowest BCUT2D eigenvalue weighted by Gasteiger charge is -2.11. The number of nitrogens with one attached hydrogen (secondary N) is 2. The van der Waals surface area contributed by atoms with E-state index in [1.54, 1.807) is 17.1 Å². The van der Waals surface area contributed by atoms with Gasteiger partial charge in [-0.2, -0.15) is 5.10 Å². The highest BCUT2D eigenvalue weighted by Gasteiger charge is 2.00. The highest BCUT2D eigenvalue weighted by molar-refractivity contribution is 7.80. The number of anilines is 1. The van der Waals surface area contributed by atoms with Gasteiger partial charge in [0.1, 0.15) is 0 Å². The van der Waals surface area contributed by atoms with Crippen molar-refractivity contribution < 1.29 is 0 Å². The lowest BCUT2D eigenvalue weighted by molar-refractivity contribution is 0.604. The van der Waals surface area contributed by atoms with Crippen molar-refractivity contribution in [1.29, 1.82) is 0 Å². The molecular formula is C14H17ClN4S. The zero-order valence-corrected chi connectivity index (χ0v) is 13.1. The lowest BCUT2D eigenvalue weighted by atomic mass is 10.1. The summed E-state index contributed by atoms with van der Waals surface area (Å²) in [5, 5.41) is 11.7. The molecule has 1 aromatic carbocycles. The van der Waals surface area contributed by atoms with E-state index in [1.807, 2.05) is 0 Å². The van der Waals surface area contributed by atoms with Gasteiger partial charge in [0.25, 0.3) is 0 Å². The molecule has 0 radical (unpaired) electrons. The van der Waals surface area contributed by atoms with Crippen molar-refractivity contribution in [3.63, 3.8) is 0 Å². The standard InChI is InChI=1S/C14H17ClN4S/c1-10-5-11(2)7-13(6-10)18-14(20)16-3-4-19-9-12(15)8-17-19/h5-9H,3-4H2,1-2H3,(H2,16,18,20). The number of thiocarbonyl (C=S) groups is 1. The number of aryl methyl sites for hydroxylation is 2. The summed E-state index contributed by atoms with van der Waals surface area (Å²) >= 11 is 11.1. The van der Waals surface area contributed by atoms with Crippen LogP contribution in [-0.4, -0.2) is 21.4 Å². The maximum absolute atomic E-state index is 5.80. The molecule has 106 valence electrons. The summed E-state index contributed by atoms with van der Waals surface area (Å²) in [6, 6.07) is 6.26. The fourth-order valence-corrected chi connectivity index (χ4v) is 2.34. The molecule has 2 rings (SSSR count). The maximum Gasteiger partial charge on any atom is 0.170 e. The predicted octanol–water partition coefficient (Wildman–Crippen LogP) is 3.14. The van der Waals surface area contributed by atoms with Crippen LogP contribution in [0.2, 0.25) is 5.02 Å². The number of hydrogen-bond donors (Lipinski definition) is 2. The molecule has 0 unspecified atom stereocenters. The number of nitrogens with zero attached hydrogens (tertiary/aromatic N) is 2. The van der Waals surface area contributed by atoms with Crippen LogP contribution in [0.15, 0.2) is 30.6 Å². The molecule has 0 aliphatic rings. The minimum absolute atomic E-state index is 0.605. The van der Waals surface area contributed by atoms with Crippen molar-refractivity contribution >= 4 is 34.6 Å². The largest absolute Gasteiger partial charge is 0.361 e. The first-order valence-electron chi connectivity index (χ1n) is 6.34. The molecule has 0 aliphatic heterocycles. The third kappa shape index (κ3) is 4.51. The summed E-state index contributed by atoms with van der Waals surface area (Å²) in [7, 11) is 0. The molecule has 20 heavy (non-hydrogen) atoms. The van der Waals surface area contributed by atoms with Crippen molar-refractivity contribution in [3.8, 4) is 0 Å². The molecule has 1 aromatic heterocycles. The second kappa shape index (κ2) is 6.72. The smallest absolute Gasteiger partial charge is 0.170 e. The van der Waals surface area contributed by atoms with E-state index in [4.69, 9.17) is 23.8 Å². The Bertz CT molecular complexity index is 589. The molecule has 0 saturated carbocycles. The fourth-order valence-electron chi connectivity index (χ4n) is 1.97. The molecule has 0 spiro atoms. The van der Waals surface area contributed by atoms with E-state index in [9.17, 15) is 0 Å². The van der Waals surface area contributed by atoms with Crippen LogP contribution < -0.4 is 10.6 Å².